The molecule has 1 amide bonds. The van der Waals surface area contributed by atoms with Crippen molar-refractivity contribution in [3.63, 3.8) is 0 Å². The standard InChI is InChI=1S/C21H27N3O6S/c1-16(19(25)23-21(15-22)8-3-2-4-9-21)30-20(26)17-6-5-7-18(14-17)31(27,28)24-10-12-29-13-11-24/h5-7,14,16H,2-4,8-13H2,1H3,(H,23,25). The second-order valence-electron chi connectivity index (χ2n) is 7.84. The number of rotatable bonds is 6. The predicted molar refractivity (Wildman–Crippen MR) is 110 cm³/mol. The number of sulfonamides is 1. The lowest BCUT2D eigenvalue weighted by Gasteiger charge is -2.32. The predicted octanol–water partition coefficient (Wildman–Crippen LogP) is 1.60. The maximum absolute atomic E-state index is 12.8. The highest BCUT2D eigenvalue weighted by atomic mass is 32.2. The molecule has 1 heterocycles. The van der Waals surface area contributed by atoms with Crippen LogP contribution in [0.25, 0.3) is 0 Å². The number of nitriles is 1. The third-order valence-corrected chi connectivity index (χ3v) is 7.51. The Bertz CT molecular complexity index is 960. The van der Waals surface area contributed by atoms with Gasteiger partial charge in [-0.3, -0.25) is 4.79 Å². The first kappa shape index (κ1) is 23.2. The Labute approximate surface area is 182 Å². The summed E-state index contributed by atoms with van der Waals surface area (Å²) in [7, 11) is -3.76. The minimum atomic E-state index is -3.76. The number of nitrogens with zero attached hydrogens (tertiary/aromatic N) is 2. The van der Waals surface area contributed by atoms with Gasteiger partial charge in [-0.25, -0.2) is 13.2 Å². The summed E-state index contributed by atoms with van der Waals surface area (Å²) >= 11 is 0. The van der Waals surface area contributed by atoms with Gasteiger partial charge < -0.3 is 14.8 Å². The Kier molecular flexibility index (Phi) is 7.30. The molecule has 1 aliphatic heterocycles. The molecule has 1 saturated heterocycles. The maximum Gasteiger partial charge on any atom is 0.338 e. The van der Waals surface area contributed by atoms with Gasteiger partial charge in [0.2, 0.25) is 10.0 Å². The quantitative estimate of drug-likeness (QED) is 0.654. The number of hydrogen-bond acceptors (Lipinski definition) is 7. The topological polar surface area (TPSA) is 126 Å². The number of benzene rings is 1. The zero-order chi connectivity index (χ0) is 22.5. The van der Waals surface area contributed by atoms with Gasteiger partial charge in [-0.15, -0.1) is 0 Å². The van der Waals surface area contributed by atoms with Crippen molar-refractivity contribution in [2.75, 3.05) is 26.3 Å². The van der Waals surface area contributed by atoms with Crippen LogP contribution in [0.3, 0.4) is 0 Å². The average molecular weight is 450 g/mol. The Morgan fingerprint density at radius 1 is 1.23 bits per heavy atom. The number of esters is 1. The van der Waals surface area contributed by atoms with Crippen molar-refractivity contribution in [2.24, 2.45) is 0 Å². The number of carbonyl (C=O) groups is 2. The molecule has 2 fully saturated rings. The first-order valence-electron chi connectivity index (χ1n) is 10.4. The molecule has 168 valence electrons. The maximum atomic E-state index is 12.8. The van der Waals surface area contributed by atoms with Crippen LogP contribution in [0.4, 0.5) is 0 Å². The molecule has 3 rings (SSSR count). The summed E-state index contributed by atoms with van der Waals surface area (Å²) in [5.41, 5.74) is -0.899. The highest BCUT2D eigenvalue weighted by Gasteiger charge is 2.35. The van der Waals surface area contributed by atoms with Crippen molar-refractivity contribution in [1.29, 1.82) is 5.26 Å². The van der Waals surface area contributed by atoms with Crippen LogP contribution in [0.1, 0.15) is 49.4 Å². The van der Waals surface area contributed by atoms with Gasteiger partial charge in [-0.05, 0) is 38.0 Å². The molecular formula is C21H27N3O6S. The Morgan fingerprint density at radius 3 is 2.55 bits per heavy atom. The van der Waals surface area contributed by atoms with E-state index < -0.39 is 33.5 Å². The first-order valence-corrected chi connectivity index (χ1v) is 11.8. The lowest BCUT2D eigenvalue weighted by molar-refractivity contribution is -0.130. The van der Waals surface area contributed by atoms with Crippen LogP contribution < -0.4 is 5.32 Å². The number of carbonyl (C=O) groups excluding carboxylic acids is 2. The molecule has 10 heteroatoms. The smallest absolute Gasteiger partial charge is 0.338 e. The fraction of sp³-hybridized carbons (Fsp3) is 0.571. The van der Waals surface area contributed by atoms with Gasteiger partial charge in [-0.1, -0.05) is 25.3 Å². The third-order valence-electron chi connectivity index (χ3n) is 5.61. The SMILES string of the molecule is CC(OC(=O)c1cccc(S(=O)(=O)N2CCOCC2)c1)C(=O)NC1(C#N)CCCCC1. The minimum Gasteiger partial charge on any atom is -0.449 e. The molecule has 1 aromatic rings. The van der Waals surface area contributed by atoms with E-state index in [0.717, 1.165) is 19.3 Å². The van der Waals surface area contributed by atoms with Gasteiger partial charge in [0.05, 0.1) is 29.7 Å². The number of nitrogens with one attached hydrogen (secondary N) is 1. The van der Waals surface area contributed by atoms with Gasteiger partial charge in [0, 0.05) is 13.1 Å². The van der Waals surface area contributed by atoms with Crippen LogP contribution in [0.2, 0.25) is 0 Å². The Balaban J connectivity index is 1.67. The van der Waals surface area contributed by atoms with Crippen molar-refractivity contribution in [3.05, 3.63) is 29.8 Å². The van der Waals surface area contributed by atoms with E-state index >= 15 is 0 Å². The largest absolute Gasteiger partial charge is 0.449 e. The molecule has 1 atom stereocenters. The normalized spacial score (nSPS) is 20.3. The van der Waals surface area contributed by atoms with E-state index in [-0.39, 0.29) is 23.5 Å². The molecule has 1 aromatic carbocycles. The molecule has 1 unspecified atom stereocenters. The van der Waals surface area contributed by atoms with Crippen LogP contribution in [-0.2, 0) is 24.3 Å². The van der Waals surface area contributed by atoms with Gasteiger partial charge in [0.15, 0.2) is 6.10 Å². The van der Waals surface area contributed by atoms with Crippen LogP contribution in [0.15, 0.2) is 29.2 Å². The zero-order valence-electron chi connectivity index (χ0n) is 17.5. The summed E-state index contributed by atoms with van der Waals surface area (Å²) in [5.74, 6) is -1.36. The van der Waals surface area contributed by atoms with Gasteiger partial charge >= 0.3 is 5.97 Å². The second kappa shape index (κ2) is 9.77. The van der Waals surface area contributed by atoms with Crippen molar-refractivity contribution in [3.8, 4) is 6.07 Å². The summed E-state index contributed by atoms with van der Waals surface area (Å²) in [6.07, 6.45) is 2.74. The molecule has 9 nitrogen and oxygen atoms in total. The number of amides is 1. The number of morpholine rings is 1. The van der Waals surface area contributed by atoms with Crippen molar-refractivity contribution in [2.45, 2.75) is 55.6 Å². The molecule has 0 spiro atoms. The van der Waals surface area contributed by atoms with E-state index in [2.05, 4.69) is 11.4 Å². The molecule has 0 radical (unpaired) electrons. The molecule has 31 heavy (non-hydrogen) atoms. The van der Waals surface area contributed by atoms with E-state index in [0.29, 0.717) is 26.1 Å². The molecular weight excluding hydrogens is 422 g/mol. The van der Waals surface area contributed by atoms with E-state index in [1.807, 2.05) is 0 Å². The van der Waals surface area contributed by atoms with Crippen molar-refractivity contribution >= 4 is 21.9 Å². The van der Waals surface area contributed by atoms with Crippen LogP contribution in [-0.4, -0.2) is 62.5 Å². The minimum absolute atomic E-state index is 0.0217. The Morgan fingerprint density at radius 2 is 1.90 bits per heavy atom. The highest BCUT2D eigenvalue weighted by molar-refractivity contribution is 7.89. The summed E-state index contributed by atoms with van der Waals surface area (Å²) in [5, 5.41) is 12.2. The first-order chi connectivity index (χ1) is 14.8. The number of ether oxygens (including phenoxy) is 2. The average Bonchev–Trinajstić information content (AvgIpc) is 2.80. The van der Waals surface area contributed by atoms with E-state index in [1.54, 1.807) is 0 Å². The van der Waals surface area contributed by atoms with Gasteiger partial charge in [0.1, 0.15) is 5.54 Å². The monoisotopic (exact) mass is 449 g/mol. The zero-order valence-corrected chi connectivity index (χ0v) is 18.3. The van der Waals surface area contributed by atoms with Crippen molar-refractivity contribution in [1.82, 2.24) is 9.62 Å². The summed E-state index contributed by atoms with van der Waals surface area (Å²) in [4.78, 5) is 25.1. The summed E-state index contributed by atoms with van der Waals surface area (Å²) in [6, 6.07) is 7.74. The molecule has 1 N–H and O–H groups in total. The molecule has 0 bridgehead atoms. The Hall–Kier alpha value is -2.48. The van der Waals surface area contributed by atoms with E-state index in [9.17, 15) is 23.3 Å². The lowest BCUT2D eigenvalue weighted by atomic mass is 9.83. The van der Waals surface area contributed by atoms with E-state index in [4.69, 9.17) is 9.47 Å². The second-order valence-corrected chi connectivity index (χ2v) is 9.77. The molecule has 1 aliphatic carbocycles. The third kappa shape index (κ3) is 5.42. The summed E-state index contributed by atoms with van der Waals surface area (Å²) in [6.45, 7) is 2.55. The highest BCUT2D eigenvalue weighted by Crippen LogP contribution is 2.27. The fourth-order valence-electron chi connectivity index (χ4n) is 3.76. The van der Waals surface area contributed by atoms with Crippen LogP contribution in [0, 0.1) is 11.3 Å². The molecule has 2 aliphatic rings. The summed E-state index contributed by atoms with van der Waals surface area (Å²) < 4.78 is 37.4. The fourth-order valence-corrected chi connectivity index (χ4v) is 5.21. The van der Waals surface area contributed by atoms with Crippen LogP contribution >= 0.6 is 0 Å². The van der Waals surface area contributed by atoms with Crippen molar-refractivity contribution < 1.29 is 27.5 Å². The lowest BCUT2D eigenvalue weighted by Crippen LogP contribution is -2.52. The number of hydrogen-bond donors (Lipinski definition) is 1. The molecule has 1 saturated carbocycles. The van der Waals surface area contributed by atoms with Gasteiger partial charge in [0.25, 0.3) is 5.91 Å². The van der Waals surface area contributed by atoms with Gasteiger partial charge in [-0.2, -0.15) is 9.57 Å². The van der Waals surface area contributed by atoms with Crippen LogP contribution in [0.5, 0.6) is 0 Å². The van der Waals surface area contributed by atoms with E-state index in [1.165, 1.54) is 35.5 Å². The molecule has 0 aromatic heterocycles.